The molecule has 2 aromatic rings. The third kappa shape index (κ3) is 2.54. The topological polar surface area (TPSA) is 26.3 Å². The van der Waals surface area contributed by atoms with Crippen molar-refractivity contribution in [2.75, 3.05) is 7.11 Å². The Labute approximate surface area is 130 Å². The number of ketones is 1. The Morgan fingerprint density at radius 3 is 2.80 bits per heavy atom. The van der Waals surface area contributed by atoms with Crippen LogP contribution in [0.1, 0.15) is 38.5 Å². The minimum atomic E-state index is 0.0579. The Hall–Kier alpha value is -1.13. The van der Waals surface area contributed by atoms with Crippen LogP contribution in [0.3, 0.4) is 0 Å². The zero-order valence-electron chi connectivity index (χ0n) is 11.2. The lowest BCUT2D eigenvalue weighted by molar-refractivity contribution is 0.103. The predicted octanol–water partition coefficient (Wildman–Crippen LogP) is 4.63. The van der Waals surface area contributed by atoms with Gasteiger partial charge in [-0.3, -0.25) is 4.79 Å². The predicted molar refractivity (Wildman–Crippen MR) is 85.1 cm³/mol. The van der Waals surface area contributed by atoms with Crippen molar-refractivity contribution in [1.29, 1.82) is 0 Å². The number of hydrogen-bond acceptors (Lipinski definition) is 3. The number of ether oxygens (including phenoxy) is 1. The zero-order chi connectivity index (χ0) is 14.1. The smallest absolute Gasteiger partial charge is 0.206 e. The van der Waals surface area contributed by atoms with Gasteiger partial charge in [0, 0.05) is 9.35 Å². The van der Waals surface area contributed by atoms with E-state index in [1.165, 1.54) is 23.3 Å². The van der Waals surface area contributed by atoms with Gasteiger partial charge in [-0.1, -0.05) is 15.9 Å². The molecule has 0 radical (unpaired) electrons. The molecule has 0 saturated heterocycles. The fraction of sp³-hybridized carbons (Fsp3) is 0.312. The van der Waals surface area contributed by atoms with E-state index in [-0.39, 0.29) is 5.78 Å². The Morgan fingerprint density at radius 1 is 1.25 bits per heavy atom. The van der Waals surface area contributed by atoms with Gasteiger partial charge in [-0.05, 0) is 55.5 Å². The number of carbonyl (C=O) groups is 1. The number of methoxy groups -OCH3 is 1. The van der Waals surface area contributed by atoms with Crippen molar-refractivity contribution in [2.24, 2.45) is 0 Å². The molecule has 104 valence electrons. The molecule has 0 amide bonds. The fourth-order valence-electron chi connectivity index (χ4n) is 2.59. The molecular formula is C16H15BrO2S. The first-order valence-electron chi connectivity index (χ1n) is 6.69. The van der Waals surface area contributed by atoms with Gasteiger partial charge in [0.25, 0.3) is 0 Å². The highest BCUT2D eigenvalue weighted by Gasteiger charge is 2.20. The Bertz CT molecular complexity index is 637. The number of benzene rings is 1. The highest BCUT2D eigenvalue weighted by molar-refractivity contribution is 9.10. The summed E-state index contributed by atoms with van der Waals surface area (Å²) in [4.78, 5) is 14.9. The number of thiophene rings is 1. The number of fused-ring (bicyclic) bond motifs is 1. The molecule has 0 unspecified atom stereocenters. The van der Waals surface area contributed by atoms with Crippen molar-refractivity contribution in [1.82, 2.24) is 0 Å². The summed E-state index contributed by atoms with van der Waals surface area (Å²) in [6.45, 7) is 0. The number of aryl methyl sites for hydroxylation is 2. The van der Waals surface area contributed by atoms with Crippen LogP contribution in [-0.4, -0.2) is 12.9 Å². The van der Waals surface area contributed by atoms with Gasteiger partial charge in [0.1, 0.15) is 5.75 Å². The molecule has 0 atom stereocenters. The molecule has 2 nitrogen and oxygen atoms in total. The van der Waals surface area contributed by atoms with Crippen molar-refractivity contribution in [3.8, 4) is 5.75 Å². The van der Waals surface area contributed by atoms with Gasteiger partial charge in [-0.2, -0.15) is 0 Å². The molecule has 0 aliphatic heterocycles. The molecule has 1 aromatic heterocycles. The lowest BCUT2D eigenvalue weighted by atomic mass is 9.98. The second-order valence-electron chi connectivity index (χ2n) is 4.94. The van der Waals surface area contributed by atoms with Crippen LogP contribution < -0.4 is 4.74 Å². The van der Waals surface area contributed by atoms with Crippen molar-refractivity contribution in [3.05, 3.63) is 49.6 Å². The van der Waals surface area contributed by atoms with E-state index < -0.39 is 0 Å². The molecule has 1 aromatic carbocycles. The molecule has 1 aliphatic carbocycles. The van der Waals surface area contributed by atoms with E-state index in [0.29, 0.717) is 11.3 Å². The average Bonchev–Trinajstić information content (AvgIpc) is 2.90. The van der Waals surface area contributed by atoms with Gasteiger partial charge in [0.05, 0.1) is 17.6 Å². The van der Waals surface area contributed by atoms with E-state index in [1.54, 1.807) is 18.4 Å². The lowest BCUT2D eigenvalue weighted by Crippen LogP contribution is -2.02. The summed E-state index contributed by atoms with van der Waals surface area (Å²) >= 11 is 5.06. The van der Waals surface area contributed by atoms with Crippen LogP contribution >= 0.6 is 27.3 Å². The van der Waals surface area contributed by atoms with Crippen LogP contribution in [0.2, 0.25) is 0 Å². The Balaban J connectivity index is 2.00. The number of rotatable bonds is 3. The summed E-state index contributed by atoms with van der Waals surface area (Å²) in [7, 11) is 1.60. The van der Waals surface area contributed by atoms with Gasteiger partial charge in [0.15, 0.2) is 0 Å². The molecule has 0 bridgehead atoms. The van der Waals surface area contributed by atoms with Crippen LogP contribution in [0, 0.1) is 0 Å². The molecule has 1 heterocycles. The van der Waals surface area contributed by atoms with E-state index in [0.717, 1.165) is 22.2 Å². The molecule has 1 aliphatic rings. The normalized spacial score (nSPS) is 13.9. The van der Waals surface area contributed by atoms with E-state index in [9.17, 15) is 4.79 Å². The molecule has 0 N–H and O–H groups in total. The van der Waals surface area contributed by atoms with Gasteiger partial charge in [0.2, 0.25) is 5.78 Å². The first-order valence-corrected chi connectivity index (χ1v) is 8.30. The minimum absolute atomic E-state index is 0.0579. The standard InChI is InChI=1S/C16H15BrO2S/c1-19-13-7-6-11(17)9-12(13)16(18)15-8-10-4-2-3-5-14(10)20-15/h6-9H,2-5H2,1H3. The molecule has 0 spiro atoms. The molecule has 0 fully saturated rings. The number of halogens is 1. The molecule has 4 heteroatoms. The lowest BCUT2D eigenvalue weighted by Gasteiger charge is -2.08. The van der Waals surface area contributed by atoms with Gasteiger partial charge in [-0.25, -0.2) is 0 Å². The summed E-state index contributed by atoms with van der Waals surface area (Å²) in [5.74, 6) is 0.687. The summed E-state index contributed by atoms with van der Waals surface area (Å²) < 4.78 is 6.20. The third-order valence-electron chi connectivity index (χ3n) is 3.63. The van der Waals surface area contributed by atoms with Crippen molar-refractivity contribution >= 4 is 33.0 Å². The van der Waals surface area contributed by atoms with Crippen LogP contribution in [-0.2, 0) is 12.8 Å². The average molecular weight is 351 g/mol. The van der Waals surface area contributed by atoms with Gasteiger partial charge in [-0.15, -0.1) is 11.3 Å². The SMILES string of the molecule is COc1ccc(Br)cc1C(=O)c1cc2c(s1)CCCC2. The van der Waals surface area contributed by atoms with Crippen molar-refractivity contribution in [2.45, 2.75) is 25.7 Å². The van der Waals surface area contributed by atoms with E-state index in [1.807, 2.05) is 18.2 Å². The number of carbonyl (C=O) groups excluding carboxylic acids is 1. The monoisotopic (exact) mass is 350 g/mol. The van der Waals surface area contributed by atoms with Crippen molar-refractivity contribution < 1.29 is 9.53 Å². The largest absolute Gasteiger partial charge is 0.496 e. The van der Waals surface area contributed by atoms with Crippen LogP contribution in [0.4, 0.5) is 0 Å². The van der Waals surface area contributed by atoms with Crippen LogP contribution in [0.5, 0.6) is 5.75 Å². The zero-order valence-corrected chi connectivity index (χ0v) is 13.6. The second-order valence-corrected chi connectivity index (χ2v) is 6.99. The molecular weight excluding hydrogens is 336 g/mol. The quantitative estimate of drug-likeness (QED) is 0.754. The van der Waals surface area contributed by atoms with E-state index >= 15 is 0 Å². The van der Waals surface area contributed by atoms with Crippen molar-refractivity contribution in [3.63, 3.8) is 0 Å². The summed E-state index contributed by atoms with van der Waals surface area (Å²) in [5.41, 5.74) is 1.99. The maximum Gasteiger partial charge on any atom is 0.206 e. The maximum absolute atomic E-state index is 12.7. The molecule has 0 saturated carbocycles. The first kappa shape index (κ1) is 13.8. The van der Waals surface area contributed by atoms with E-state index in [2.05, 4.69) is 22.0 Å². The van der Waals surface area contributed by atoms with Crippen LogP contribution in [0.15, 0.2) is 28.7 Å². The van der Waals surface area contributed by atoms with Gasteiger partial charge < -0.3 is 4.74 Å². The van der Waals surface area contributed by atoms with Crippen LogP contribution in [0.25, 0.3) is 0 Å². The third-order valence-corrected chi connectivity index (χ3v) is 5.36. The second kappa shape index (κ2) is 5.70. The minimum Gasteiger partial charge on any atom is -0.496 e. The summed E-state index contributed by atoms with van der Waals surface area (Å²) in [6, 6.07) is 7.61. The summed E-state index contributed by atoms with van der Waals surface area (Å²) in [5, 5.41) is 0. The first-order chi connectivity index (χ1) is 9.69. The molecule has 3 rings (SSSR count). The van der Waals surface area contributed by atoms with E-state index in [4.69, 9.17) is 4.74 Å². The fourth-order valence-corrected chi connectivity index (χ4v) is 4.16. The number of hydrogen-bond donors (Lipinski definition) is 0. The summed E-state index contributed by atoms with van der Waals surface area (Å²) in [6.07, 6.45) is 4.69. The molecule has 20 heavy (non-hydrogen) atoms. The maximum atomic E-state index is 12.7. The Morgan fingerprint density at radius 2 is 2.05 bits per heavy atom. The Kier molecular flexibility index (Phi) is 3.94. The highest BCUT2D eigenvalue weighted by Crippen LogP contribution is 2.33. The van der Waals surface area contributed by atoms with Gasteiger partial charge >= 0.3 is 0 Å². The highest BCUT2D eigenvalue weighted by atomic mass is 79.9.